The van der Waals surface area contributed by atoms with Gasteiger partial charge >= 0.3 is 0 Å². The third-order valence-electron chi connectivity index (χ3n) is 4.86. The molecule has 5 heteroatoms. The third kappa shape index (κ3) is 5.12. The van der Waals surface area contributed by atoms with Crippen molar-refractivity contribution in [1.29, 1.82) is 0 Å². The summed E-state index contributed by atoms with van der Waals surface area (Å²) < 4.78 is 0. The second kappa shape index (κ2) is 8.62. The molecule has 1 unspecified atom stereocenters. The van der Waals surface area contributed by atoms with Crippen molar-refractivity contribution in [1.82, 2.24) is 9.97 Å². The summed E-state index contributed by atoms with van der Waals surface area (Å²) in [6.07, 6.45) is 1.76. The number of hydrogen-bond acceptors (Lipinski definition) is 5. The maximum atomic E-state index is 9.76. The second-order valence-corrected chi connectivity index (χ2v) is 8.38. The molecule has 29 heavy (non-hydrogen) atoms. The van der Waals surface area contributed by atoms with Crippen LogP contribution in [0.2, 0.25) is 0 Å². The largest absolute Gasteiger partial charge is 0.393 e. The summed E-state index contributed by atoms with van der Waals surface area (Å²) in [6.45, 7) is 8.42. The molecule has 3 N–H and O–H groups in total. The molecule has 0 aliphatic heterocycles. The van der Waals surface area contributed by atoms with Crippen LogP contribution < -0.4 is 10.6 Å². The van der Waals surface area contributed by atoms with Crippen LogP contribution in [-0.4, -0.2) is 28.2 Å². The molecule has 5 nitrogen and oxygen atoms in total. The van der Waals surface area contributed by atoms with Crippen LogP contribution >= 0.6 is 0 Å². The Balaban J connectivity index is 1.91. The fourth-order valence-electron chi connectivity index (χ4n) is 3.42. The van der Waals surface area contributed by atoms with Gasteiger partial charge in [-0.15, -0.1) is 0 Å². The zero-order chi connectivity index (χ0) is 21.0. The van der Waals surface area contributed by atoms with Gasteiger partial charge in [0.1, 0.15) is 12.1 Å². The number of nitrogens with one attached hydrogen (secondary N) is 2. The number of aliphatic hydroxyl groups is 1. The lowest BCUT2D eigenvalue weighted by Crippen LogP contribution is -2.13. The molecule has 0 aliphatic rings. The molecule has 0 saturated carbocycles. The minimum Gasteiger partial charge on any atom is -0.393 e. The van der Waals surface area contributed by atoms with E-state index < -0.39 is 6.10 Å². The highest BCUT2D eigenvalue weighted by molar-refractivity contribution is 5.71. The molecule has 0 fully saturated rings. The minimum absolute atomic E-state index is 0.0583. The van der Waals surface area contributed by atoms with Crippen LogP contribution in [0.3, 0.4) is 0 Å². The van der Waals surface area contributed by atoms with E-state index in [1.54, 1.807) is 13.3 Å². The van der Waals surface area contributed by atoms with Gasteiger partial charge in [0.2, 0.25) is 0 Å². The molecule has 3 aromatic rings. The lowest BCUT2D eigenvalue weighted by molar-refractivity contribution is 0.195. The Kier molecular flexibility index (Phi) is 6.18. The molecule has 3 rings (SSSR count). The van der Waals surface area contributed by atoms with Crippen LogP contribution in [-0.2, 0) is 11.8 Å². The Labute approximate surface area is 173 Å². The van der Waals surface area contributed by atoms with E-state index in [1.165, 1.54) is 5.56 Å². The smallest absolute Gasteiger partial charge is 0.134 e. The number of rotatable bonds is 6. The molecule has 2 aromatic carbocycles. The highest BCUT2D eigenvalue weighted by Crippen LogP contribution is 2.33. The number of hydrogen-bond donors (Lipinski definition) is 3. The van der Waals surface area contributed by atoms with Gasteiger partial charge in [-0.05, 0) is 35.6 Å². The Morgan fingerprint density at radius 2 is 1.76 bits per heavy atom. The van der Waals surface area contributed by atoms with E-state index in [9.17, 15) is 5.11 Å². The predicted molar refractivity (Wildman–Crippen MR) is 121 cm³/mol. The van der Waals surface area contributed by atoms with Gasteiger partial charge in [0, 0.05) is 36.5 Å². The summed E-state index contributed by atoms with van der Waals surface area (Å²) in [5.74, 6) is 0.721. The first-order valence-electron chi connectivity index (χ1n) is 9.95. The van der Waals surface area contributed by atoms with Crippen molar-refractivity contribution in [2.24, 2.45) is 0 Å². The van der Waals surface area contributed by atoms with Gasteiger partial charge in [-0.2, -0.15) is 0 Å². The summed E-state index contributed by atoms with van der Waals surface area (Å²) in [7, 11) is 1.94. The summed E-state index contributed by atoms with van der Waals surface area (Å²) in [6, 6.07) is 16.3. The number of nitrogens with zero attached hydrogens (tertiary/aromatic N) is 2. The van der Waals surface area contributed by atoms with E-state index >= 15 is 0 Å². The fourth-order valence-corrected chi connectivity index (χ4v) is 3.42. The first kappa shape index (κ1) is 20.8. The lowest BCUT2D eigenvalue weighted by atomic mass is 9.85. The molecule has 0 spiro atoms. The SMILES string of the molecule is CNc1cc(-c2cc(Nc3ccccc3CC(C)O)ncn2)ccc1C(C)(C)C. The molecule has 152 valence electrons. The Hall–Kier alpha value is -2.92. The zero-order valence-corrected chi connectivity index (χ0v) is 17.8. The fraction of sp³-hybridized carbons (Fsp3) is 0.333. The van der Waals surface area contributed by atoms with E-state index in [0.717, 1.165) is 34.0 Å². The maximum Gasteiger partial charge on any atom is 0.134 e. The van der Waals surface area contributed by atoms with Gasteiger partial charge in [-0.1, -0.05) is 51.1 Å². The van der Waals surface area contributed by atoms with Gasteiger partial charge < -0.3 is 15.7 Å². The summed E-state index contributed by atoms with van der Waals surface area (Å²) in [5, 5.41) is 16.4. The van der Waals surface area contributed by atoms with E-state index in [0.29, 0.717) is 6.42 Å². The van der Waals surface area contributed by atoms with Crippen molar-refractivity contribution in [2.45, 2.75) is 45.6 Å². The molecule has 0 bridgehead atoms. The number of anilines is 3. The average molecular weight is 391 g/mol. The highest BCUT2D eigenvalue weighted by atomic mass is 16.3. The van der Waals surface area contributed by atoms with Crippen molar-refractivity contribution < 1.29 is 5.11 Å². The summed E-state index contributed by atoms with van der Waals surface area (Å²) in [5.41, 5.74) is 6.31. The highest BCUT2D eigenvalue weighted by Gasteiger charge is 2.18. The van der Waals surface area contributed by atoms with Crippen LogP contribution in [0.1, 0.15) is 38.8 Å². The summed E-state index contributed by atoms with van der Waals surface area (Å²) >= 11 is 0. The number of aliphatic hydroxyl groups excluding tert-OH is 1. The van der Waals surface area contributed by atoms with Gasteiger partial charge in [-0.25, -0.2) is 9.97 Å². The van der Waals surface area contributed by atoms with Crippen LogP contribution in [0.5, 0.6) is 0 Å². The van der Waals surface area contributed by atoms with Gasteiger partial charge in [0.05, 0.1) is 11.8 Å². The number of aromatic nitrogens is 2. The van der Waals surface area contributed by atoms with Gasteiger partial charge in [-0.3, -0.25) is 0 Å². The third-order valence-corrected chi connectivity index (χ3v) is 4.86. The molecular formula is C24H30N4O. The van der Waals surface area contributed by atoms with Gasteiger partial charge in [0.25, 0.3) is 0 Å². The molecule has 1 atom stereocenters. The van der Waals surface area contributed by atoms with Crippen LogP contribution in [0.25, 0.3) is 11.3 Å². The molecule has 0 aliphatic carbocycles. The Bertz CT molecular complexity index is 977. The van der Waals surface area contributed by atoms with Crippen molar-refractivity contribution >= 4 is 17.2 Å². The molecule has 0 amide bonds. The lowest BCUT2D eigenvalue weighted by Gasteiger charge is -2.23. The minimum atomic E-state index is -0.403. The van der Waals surface area contributed by atoms with Crippen LogP contribution in [0.4, 0.5) is 17.2 Å². The first-order chi connectivity index (χ1) is 13.8. The van der Waals surface area contributed by atoms with E-state index in [1.807, 2.05) is 37.4 Å². The number of para-hydroxylation sites is 1. The van der Waals surface area contributed by atoms with Crippen molar-refractivity contribution in [3.63, 3.8) is 0 Å². The van der Waals surface area contributed by atoms with Crippen molar-refractivity contribution in [3.05, 3.63) is 66.0 Å². The average Bonchev–Trinajstić information content (AvgIpc) is 2.68. The van der Waals surface area contributed by atoms with Crippen molar-refractivity contribution in [3.8, 4) is 11.3 Å². The molecular weight excluding hydrogens is 360 g/mol. The monoisotopic (exact) mass is 390 g/mol. The predicted octanol–water partition coefficient (Wildman–Crippen LogP) is 5.15. The van der Waals surface area contributed by atoms with E-state index in [-0.39, 0.29) is 5.41 Å². The maximum absolute atomic E-state index is 9.76. The van der Waals surface area contributed by atoms with Crippen LogP contribution in [0, 0.1) is 0 Å². The molecule has 1 aromatic heterocycles. The molecule has 0 saturated heterocycles. The van der Waals surface area contributed by atoms with Crippen LogP contribution in [0.15, 0.2) is 54.9 Å². The normalized spacial score (nSPS) is 12.5. The Morgan fingerprint density at radius 3 is 2.45 bits per heavy atom. The van der Waals surface area contributed by atoms with E-state index in [2.05, 4.69) is 59.6 Å². The topological polar surface area (TPSA) is 70.1 Å². The standard InChI is InChI=1S/C24H30N4O/c1-16(29)12-17-8-6-7-9-20(17)28-23-14-21(26-15-27-23)18-10-11-19(24(2,3)4)22(13-18)25-5/h6-11,13-16,25,29H,12H2,1-5H3,(H,26,27,28). The van der Waals surface area contributed by atoms with Gasteiger partial charge in [0.15, 0.2) is 0 Å². The number of benzene rings is 2. The first-order valence-corrected chi connectivity index (χ1v) is 9.95. The molecule has 1 heterocycles. The zero-order valence-electron chi connectivity index (χ0n) is 17.8. The van der Waals surface area contributed by atoms with E-state index in [4.69, 9.17) is 0 Å². The molecule has 0 radical (unpaired) electrons. The summed E-state index contributed by atoms with van der Waals surface area (Å²) in [4.78, 5) is 8.85. The van der Waals surface area contributed by atoms with Crippen molar-refractivity contribution in [2.75, 3.05) is 17.7 Å². The quantitative estimate of drug-likeness (QED) is 0.543. The Morgan fingerprint density at radius 1 is 1.00 bits per heavy atom. The second-order valence-electron chi connectivity index (χ2n) is 8.38.